The number of carbonyl (C=O) groups excluding carboxylic acids is 3. The minimum absolute atomic E-state index is 0.00873. The topological polar surface area (TPSA) is 81.8 Å². The molecule has 0 unspecified atom stereocenters. The van der Waals surface area contributed by atoms with E-state index < -0.39 is 0 Å². The first kappa shape index (κ1) is 26.3. The van der Waals surface area contributed by atoms with Crippen LogP contribution in [0.5, 0.6) is 0 Å². The molecule has 0 saturated heterocycles. The number of nitrogens with one attached hydrogen (secondary N) is 2. The van der Waals surface area contributed by atoms with Gasteiger partial charge in [0, 0.05) is 12.2 Å². The Kier molecular flexibility index (Phi) is 13.5. The van der Waals surface area contributed by atoms with Gasteiger partial charge in [0.1, 0.15) is 6.54 Å². The van der Waals surface area contributed by atoms with E-state index in [2.05, 4.69) is 28.6 Å². The largest absolute Gasteiger partial charge is 0.332 e. The van der Waals surface area contributed by atoms with E-state index in [-0.39, 0.29) is 50.4 Å². The van der Waals surface area contributed by atoms with Crippen LogP contribution in [0.25, 0.3) is 0 Å². The molecule has 1 aliphatic rings. The molecule has 0 aliphatic heterocycles. The van der Waals surface area contributed by atoms with Crippen molar-refractivity contribution in [1.82, 2.24) is 20.4 Å². The average molecular weight is 429 g/mol. The van der Waals surface area contributed by atoms with Crippen LogP contribution in [0.1, 0.15) is 58.3 Å². The summed E-state index contributed by atoms with van der Waals surface area (Å²) in [4.78, 5) is 40.6. The lowest BCUT2D eigenvalue weighted by atomic mass is 10.1. The van der Waals surface area contributed by atoms with Gasteiger partial charge in [-0.1, -0.05) is 44.1 Å². The number of allylic oxidation sites excluding steroid dienone is 2. The molecule has 31 heavy (non-hydrogen) atoms. The molecule has 0 aromatic carbocycles. The van der Waals surface area contributed by atoms with Crippen molar-refractivity contribution < 1.29 is 14.4 Å². The van der Waals surface area contributed by atoms with Crippen LogP contribution in [0, 0.1) is 24.7 Å². The standard InChI is InChI=1S/C24H36N4O3/c1-4-15-25-18-23(30)28(17-6-3)20-24(31)27(16-5-2)19-22(29)26-21-13-11-9-7-8-10-12-14-21/h1-2,13,25H,6-12,14-20H2,3H3,(H,26,29)/b21-13+. The van der Waals surface area contributed by atoms with E-state index in [1.54, 1.807) is 0 Å². The monoisotopic (exact) mass is 428 g/mol. The average Bonchev–Trinajstić information content (AvgIpc) is 2.87. The number of rotatable bonds is 11. The minimum atomic E-state index is -0.352. The second-order valence-electron chi connectivity index (χ2n) is 7.66. The van der Waals surface area contributed by atoms with Gasteiger partial charge in [0.2, 0.25) is 17.7 Å². The van der Waals surface area contributed by atoms with Crippen molar-refractivity contribution in [3.8, 4) is 24.7 Å². The molecular formula is C24H36N4O3. The van der Waals surface area contributed by atoms with Gasteiger partial charge in [-0.15, -0.1) is 12.8 Å². The van der Waals surface area contributed by atoms with Crippen molar-refractivity contribution >= 4 is 17.7 Å². The van der Waals surface area contributed by atoms with E-state index >= 15 is 0 Å². The molecule has 170 valence electrons. The first-order chi connectivity index (χ1) is 15.0. The van der Waals surface area contributed by atoms with Crippen molar-refractivity contribution in [2.45, 2.75) is 58.3 Å². The van der Waals surface area contributed by atoms with Crippen LogP contribution in [0.3, 0.4) is 0 Å². The van der Waals surface area contributed by atoms with Gasteiger partial charge in [-0.2, -0.15) is 0 Å². The summed E-state index contributed by atoms with van der Waals surface area (Å²) in [6, 6.07) is 0. The van der Waals surface area contributed by atoms with Crippen LogP contribution >= 0.6 is 0 Å². The Hall–Kier alpha value is -2.77. The van der Waals surface area contributed by atoms with E-state index in [0.29, 0.717) is 13.0 Å². The molecule has 0 radical (unpaired) electrons. The Morgan fingerprint density at radius 3 is 2.45 bits per heavy atom. The van der Waals surface area contributed by atoms with Crippen LogP contribution in [0.4, 0.5) is 0 Å². The molecule has 0 heterocycles. The SMILES string of the molecule is C#CCNCC(=O)N(CCC)CC(=O)N(CC#C)CC(=O)N/C1=C/CCCCCCC1. The lowest BCUT2D eigenvalue weighted by molar-refractivity contribution is -0.141. The van der Waals surface area contributed by atoms with E-state index in [4.69, 9.17) is 12.8 Å². The summed E-state index contributed by atoms with van der Waals surface area (Å²) in [6.07, 6.45) is 20.9. The van der Waals surface area contributed by atoms with Gasteiger partial charge < -0.3 is 15.1 Å². The maximum atomic E-state index is 12.8. The molecule has 2 N–H and O–H groups in total. The predicted octanol–water partition coefficient (Wildman–Crippen LogP) is 1.65. The van der Waals surface area contributed by atoms with Crippen molar-refractivity contribution in [2.24, 2.45) is 0 Å². The van der Waals surface area contributed by atoms with Crippen molar-refractivity contribution in [1.29, 1.82) is 0 Å². The molecule has 0 saturated carbocycles. The first-order valence-corrected chi connectivity index (χ1v) is 11.1. The number of carbonyl (C=O) groups is 3. The van der Waals surface area contributed by atoms with Crippen molar-refractivity contribution in [3.05, 3.63) is 11.8 Å². The summed E-state index contributed by atoms with van der Waals surface area (Å²) in [6.45, 7) is 2.45. The molecule has 0 spiro atoms. The Bertz CT molecular complexity index is 703. The van der Waals surface area contributed by atoms with Crippen molar-refractivity contribution in [3.63, 3.8) is 0 Å². The normalized spacial score (nSPS) is 15.6. The van der Waals surface area contributed by atoms with Gasteiger partial charge in [0.05, 0.1) is 26.2 Å². The van der Waals surface area contributed by atoms with Gasteiger partial charge in [-0.05, 0) is 32.1 Å². The Labute approximate surface area is 187 Å². The zero-order valence-electron chi connectivity index (χ0n) is 18.8. The van der Waals surface area contributed by atoms with E-state index in [9.17, 15) is 14.4 Å². The Morgan fingerprint density at radius 2 is 1.74 bits per heavy atom. The molecule has 0 atom stereocenters. The van der Waals surface area contributed by atoms with Gasteiger partial charge in [0.15, 0.2) is 0 Å². The van der Waals surface area contributed by atoms with E-state index in [0.717, 1.165) is 37.8 Å². The quantitative estimate of drug-likeness (QED) is 0.387. The van der Waals surface area contributed by atoms with Gasteiger partial charge >= 0.3 is 0 Å². The zero-order chi connectivity index (χ0) is 22.9. The number of amides is 3. The zero-order valence-corrected chi connectivity index (χ0v) is 18.8. The molecule has 3 amide bonds. The second kappa shape index (κ2) is 16.0. The first-order valence-electron chi connectivity index (χ1n) is 11.1. The fourth-order valence-electron chi connectivity index (χ4n) is 3.39. The van der Waals surface area contributed by atoms with E-state index in [1.807, 2.05) is 6.92 Å². The lowest BCUT2D eigenvalue weighted by Crippen LogP contribution is -2.48. The van der Waals surface area contributed by atoms with Crippen LogP contribution in [-0.4, -0.2) is 66.8 Å². The summed E-state index contributed by atoms with van der Waals surface area (Å²) in [5, 5.41) is 5.78. The number of nitrogens with zero attached hydrogens (tertiary/aromatic N) is 2. The highest BCUT2D eigenvalue weighted by molar-refractivity contribution is 5.89. The maximum absolute atomic E-state index is 12.8. The second-order valence-corrected chi connectivity index (χ2v) is 7.66. The maximum Gasteiger partial charge on any atom is 0.243 e. The molecule has 1 aliphatic carbocycles. The molecule has 0 aromatic rings. The third-order valence-electron chi connectivity index (χ3n) is 4.99. The number of hydrogen-bond acceptors (Lipinski definition) is 4. The van der Waals surface area contributed by atoms with Crippen molar-refractivity contribution in [2.75, 3.05) is 39.3 Å². The lowest BCUT2D eigenvalue weighted by Gasteiger charge is -2.26. The van der Waals surface area contributed by atoms with Crippen LogP contribution in [-0.2, 0) is 14.4 Å². The van der Waals surface area contributed by atoms with Crippen LogP contribution in [0.15, 0.2) is 11.8 Å². The fourth-order valence-corrected chi connectivity index (χ4v) is 3.39. The molecule has 0 bridgehead atoms. The van der Waals surface area contributed by atoms with Crippen LogP contribution in [0.2, 0.25) is 0 Å². The predicted molar refractivity (Wildman–Crippen MR) is 123 cm³/mol. The number of hydrogen-bond donors (Lipinski definition) is 2. The molecule has 0 aromatic heterocycles. The van der Waals surface area contributed by atoms with Gasteiger partial charge in [0.25, 0.3) is 0 Å². The molecule has 7 heteroatoms. The summed E-state index contributed by atoms with van der Waals surface area (Å²) >= 11 is 0. The highest BCUT2D eigenvalue weighted by atomic mass is 16.2. The molecule has 1 rings (SSSR count). The molecule has 0 fully saturated rings. The third kappa shape index (κ3) is 11.3. The third-order valence-corrected chi connectivity index (χ3v) is 4.99. The summed E-state index contributed by atoms with van der Waals surface area (Å²) in [5.41, 5.74) is 0.919. The van der Waals surface area contributed by atoms with Crippen LogP contribution < -0.4 is 10.6 Å². The van der Waals surface area contributed by atoms with E-state index in [1.165, 1.54) is 22.6 Å². The fraction of sp³-hybridized carbons (Fsp3) is 0.625. The highest BCUT2D eigenvalue weighted by Crippen LogP contribution is 2.15. The molecular weight excluding hydrogens is 392 g/mol. The Morgan fingerprint density at radius 1 is 1.00 bits per heavy atom. The summed E-state index contributed by atoms with van der Waals surface area (Å²) < 4.78 is 0. The smallest absolute Gasteiger partial charge is 0.243 e. The summed E-state index contributed by atoms with van der Waals surface area (Å²) in [5.74, 6) is 4.01. The van der Waals surface area contributed by atoms with Gasteiger partial charge in [-0.25, -0.2) is 0 Å². The Balaban J connectivity index is 2.69. The minimum Gasteiger partial charge on any atom is -0.332 e. The highest BCUT2D eigenvalue weighted by Gasteiger charge is 2.22. The molecule has 7 nitrogen and oxygen atoms in total. The van der Waals surface area contributed by atoms with Gasteiger partial charge in [-0.3, -0.25) is 19.7 Å². The summed E-state index contributed by atoms with van der Waals surface area (Å²) in [7, 11) is 0. The number of terminal acetylenes is 2.